The first kappa shape index (κ1) is 15.9. The average Bonchev–Trinajstić information content (AvgIpc) is 2.61. The van der Waals surface area contributed by atoms with E-state index in [9.17, 15) is 9.59 Å². The molecule has 0 saturated heterocycles. The Morgan fingerprint density at radius 2 is 1.96 bits per heavy atom. The number of methoxy groups -OCH3 is 1. The van der Waals surface area contributed by atoms with Crippen LogP contribution in [0.3, 0.4) is 0 Å². The molecule has 2 amide bonds. The van der Waals surface area contributed by atoms with Crippen molar-refractivity contribution in [1.82, 2.24) is 5.32 Å². The smallest absolute Gasteiger partial charge is 0.266 e. The molecule has 1 heterocycles. The quantitative estimate of drug-likeness (QED) is 0.882. The second-order valence-electron chi connectivity index (χ2n) is 5.38. The van der Waals surface area contributed by atoms with E-state index < -0.39 is 6.10 Å². The van der Waals surface area contributed by atoms with Crippen molar-refractivity contribution in [2.24, 2.45) is 0 Å². The summed E-state index contributed by atoms with van der Waals surface area (Å²) in [6.07, 6.45) is -0.882. The van der Waals surface area contributed by atoms with Crippen LogP contribution in [-0.4, -0.2) is 25.0 Å². The maximum absolute atomic E-state index is 12.1. The summed E-state index contributed by atoms with van der Waals surface area (Å²) in [5, 5.41) is 5.53. The van der Waals surface area contributed by atoms with Crippen LogP contribution in [0.25, 0.3) is 0 Å². The van der Waals surface area contributed by atoms with E-state index in [0.29, 0.717) is 23.7 Å². The summed E-state index contributed by atoms with van der Waals surface area (Å²) in [5.41, 5.74) is 1.49. The third-order valence-corrected chi connectivity index (χ3v) is 3.75. The number of hydrogen-bond acceptors (Lipinski definition) is 4. The highest BCUT2D eigenvalue weighted by Gasteiger charge is 2.29. The van der Waals surface area contributed by atoms with Gasteiger partial charge in [-0.25, -0.2) is 0 Å². The lowest BCUT2D eigenvalue weighted by Crippen LogP contribution is -2.40. The molecule has 0 aliphatic carbocycles. The summed E-state index contributed by atoms with van der Waals surface area (Å²) >= 11 is 0. The van der Waals surface area contributed by atoms with Gasteiger partial charge in [0, 0.05) is 12.1 Å². The molecule has 124 valence electrons. The van der Waals surface area contributed by atoms with Crippen molar-refractivity contribution in [3.8, 4) is 11.5 Å². The van der Waals surface area contributed by atoms with Crippen LogP contribution in [0.15, 0.2) is 48.5 Å². The minimum Gasteiger partial charge on any atom is -0.496 e. The van der Waals surface area contributed by atoms with Crippen molar-refractivity contribution in [3.05, 3.63) is 54.1 Å². The lowest BCUT2D eigenvalue weighted by molar-refractivity contribution is -0.130. The Labute approximate surface area is 139 Å². The summed E-state index contributed by atoms with van der Waals surface area (Å²) in [7, 11) is 1.58. The average molecular weight is 326 g/mol. The molecule has 0 unspecified atom stereocenters. The van der Waals surface area contributed by atoms with Crippen LogP contribution in [0.5, 0.6) is 11.5 Å². The molecule has 3 rings (SSSR count). The summed E-state index contributed by atoms with van der Waals surface area (Å²) in [5.74, 6) is 0.694. The number of carbonyl (C=O) groups is 2. The van der Waals surface area contributed by atoms with Gasteiger partial charge < -0.3 is 20.1 Å². The highest BCUT2D eigenvalue weighted by molar-refractivity contribution is 5.99. The third-order valence-electron chi connectivity index (χ3n) is 3.75. The number of carbonyl (C=O) groups excluding carboxylic acids is 2. The predicted octanol–water partition coefficient (Wildman–Crippen LogP) is 2.10. The summed E-state index contributed by atoms with van der Waals surface area (Å²) in [6.45, 7) is 0.327. The number of amides is 2. The molecule has 2 aromatic rings. The van der Waals surface area contributed by atoms with Gasteiger partial charge >= 0.3 is 0 Å². The first-order valence-corrected chi connectivity index (χ1v) is 7.62. The SMILES string of the molecule is COc1ccccc1CNC(=O)C[C@H]1Oc2ccccc2NC1=O. The van der Waals surface area contributed by atoms with E-state index in [4.69, 9.17) is 9.47 Å². The van der Waals surface area contributed by atoms with Gasteiger partial charge in [-0.3, -0.25) is 9.59 Å². The highest BCUT2D eigenvalue weighted by Crippen LogP contribution is 2.29. The van der Waals surface area contributed by atoms with Crippen LogP contribution in [0.4, 0.5) is 5.69 Å². The first-order chi connectivity index (χ1) is 11.7. The number of ether oxygens (including phenoxy) is 2. The fourth-order valence-corrected chi connectivity index (χ4v) is 2.51. The van der Waals surface area contributed by atoms with Crippen molar-refractivity contribution >= 4 is 17.5 Å². The van der Waals surface area contributed by atoms with E-state index in [1.807, 2.05) is 36.4 Å². The van der Waals surface area contributed by atoms with E-state index in [-0.39, 0.29) is 18.2 Å². The molecule has 6 heteroatoms. The van der Waals surface area contributed by atoms with Crippen LogP contribution in [0.2, 0.25) is 0 Å². The molecule has 0 spiro atoms. The van der Waals surface area contributed by atoms with Gasteiger partial charge in [-0.05, 0) is 18.2 Å². The normalized spacial score (nSPS) is 15.7. The Hall–Kier alpha value is -3.02. The van der Waals surface area contributed by atoms with Crippen molar-refractivity contribution in [3.63, 3.8) is 0 Å². The standard InChI is InChI=1S/C18H18N2O4/c1-23-14-8-4-2-6-12(14)11-19-17(21)10-16-18(22)20-13-7-3-5-9-15(13)24-16/h2-9,16H,10-11H2,1H3,(H,19,21)(H,20,22)/t16-/m1/s1. The van der Waals surface area contributed by atoms with Gasteiger partial charge in [-0.1, -0.05) is 30.3 Å². The molecule has 1 aliphatic heterocycles. The largest absolute Gasteiger partial charge is 0.496 e. The Bertz CT molecular complexity index is 760. The van der Waals surface area contributed by atoms with Gasteiger partial charge in [-0.15, -0.1) is 0 Å². The predicted molar refractivity (Wildman–Crippen MR) is 88.9 cm³/mol. The van der Waals surface area contributed by atoms with E-state index in [1.165, 1.54) is 0 Å². The van der Waals surface area contributed by atoms with Crippen molar-refractivity contribution in [2.75, 3.05) is 12.4 Å². The molecule has 2 N–H and O–H groups in total. The number of rotatable bonds is 5. The first-order valence-electron chi connectivity index (χ1n) is 7.62. The summed E-state index contributed by atoms with van der Waals surface area (Å²) < 4.78 is 10.9. The molecular formula is C18H18N2O4. The Morgan fingerprint density at radius 1 is 1.21 bits per heavy atom. The maximum atomic E-state index is 12.1. The fourth-order valence-electron chi connectivity index (χ4n) is 2.51. The number of anilines is 1. The van der Waals surface area contributed by atoms with E-state index >= 15 is 0 Å². The third kappa shape index (κ3) is 3.48. The van der Waals surface area contributed by atoms with Crippen LogP contribution in [0, 0.1) is 0 Å². The maximum Gasteiger partial charge on any atom is 0.266 e. The zero-order chi connectivity index (χ0) is 16.9. The van der Waals surface area contributed by atoms with Gasteiger partial charge in [0.05, 0.1) is 19.2 Å². The van der Waals surface area contributed by atoms with Gasteiger partial charge in [0.25, 0.3) is 5.91 Å². The van der Waals surface area contributed by atoms with Gasteiger partial charge in [0.1, 0.15) is 11.5 Å². The lowest BCUT2D eigenvalue weighted by Gasteiger charge is -2.25. The number of para-hydroxylation sites is 3. The molecule has 24 heavy (non-hydrogen) atoms. The molecule has 1 atom stereocenters. The van der Waals surface area contributed by atoms with Crippen LogP contribution in [0.1, 0.15) is 12.0 Å². The Morgan fingerprint density at radius 3 is 2.79 bits per heavy atom. The van der Waals surface area contributed by atoms with E-state index in [2.05, 4.69) is 10.6 Å². The molecule has 1 aliphatic rings. The Balaban J connectivity index is 1.58. The highest BCUT2D eigenvalue weighted by atomic mass is 16.5. The topological polar surface area (TPSA) is 76.7 Å². The van der Waals surface area contributed by atoms with Gasteiger partial charge in [0.2, 0.25) is 5.91 Å². The van der Waals surface area contributed by atoms with Crippen molar-refractivity contribution in [2.45, 2.75) is 19.1 Å². The van der Waals surface area contributed by atoms with Gasteiger partial charge in [-0.2, -0.15) is 0 Å². The fraction of sp³-hybridized carbons (Fsp3) is 0.222. The lowest BCUT2D eigenvalue weighted by atomic mass is 10.1. The minimum atomic E-state index is -0.836. The molecule has 2 aromatic carbocycles. The minimum absolute atomic E-state index is 0.0463. The molecule has 0 radical (unpaired) electrons. The summed E-state index contributed by atoms with van der Waals surface area (Å²) in [4.78, 5) is 24.2. The zero-order valence-electron chi connectivity index (χ0n) is 13.2. The number of hydrogen-bond donors (Lipinski definition) is 2. The monoisotopic (exact) mass is 326 g/mol. The Kier molecular flexibility index (Phi) is 4.65. The van der Waals surface area contributed by atoms with Crippen molar-refractivity contribution < 1.29 is 19.1 Å². The molecule has 0 fully saturated rings. The molecule has 0 bridgehead atoms. The van der Waals surface area contributed by atoms with E-state index in [1.54, 1.807) is 19.2 Å². The van der Waals surface area contributed by atoms with Crippen LogP contribution in [-0.2, 0) is 16.1 Å². The van der Waals surface area contributed by atoms with Crippen LogP contribution < -0.4 is 20.1 Å². The number of fused-ring (bicyclic) bond motifs is 1. The van der Waals surface area contributed by atoms with E-state index in [0.717, 1.165) is 5.56 Å². The van der Waals surface area contributed by atoms with Crippen molar-refractivity contribution in [1.29, 1.82) is 0 Å². The zero-order valence-corrected chi connectivity index (χ0v) is 13.2. The molecule has 6 nitrogen and oxygen atoms in total. The van der Waals surface area contributed by atoms with Crippen LogP contribution >= 0.6 is 0 Å². The molecule has 0 saturated carbocycles. The second kappa shape index (κ2) is 7.04. The molecule has 0 aromatic heterocycles. The number of nitrogens with one attached hydrogen (secondary N) is 2. The molecular weight excluding hydrogens is 308 g/mol. The number of benzene rings is 2. The summed E-state index contributed by atoms with van der Waals surface area (Å²) in [6, 6.07) is 14.6. The van der Waals surface area contributed by atoms with Gasteiger partial charge in [0.15, 0.2) is 6.10 Å². The second-order valence-corrected chi connectivity index (χ2v) is 5.38.